The Labute approximate surface area is 122 Å². The highest BCUT2D eigenvalue weighted by molar-refractivity contribution is 7.11. The Morgan fingerprint density at radius 3 is 3.00 bits per heavy atom. The van der Waals surface area contributed by atoms with Gasteiger partial charge in [-0.25, -0.2) is 15.5 Å². The van der Waals surface area contributed by atoms with Crippen LogP contribution >= 0.6 is 11.3 Å². The minimum absolute atomic E-state index is 0.144. The van der Waals surface area contributed by atoms with Gasteiger partial charge in [-0.3, -0.25) is 15.0 Å². The van der Waals surface area contributed by atoms with Crippen LogP contribution < -0.4 is 16.8 Å². The van der Waals surface area contributed by atoms with Gasteiger partial charge in [0.15, 0.2) is 5.01 Å². The third-order valence-electron chi connectivity index (χ3n) is 2.82. The van der Waals surface area contributed by atoms with Crippen molar-refractivity contribution in [1.29, 1.82) is 0 Å². The first-order valence-electron chi connectivity index (χ1n) is 5.97. The number of fused-ring (bicyclic) bond motifs is 1. The maximum atomic E-state index is 12.3. The summed E-state index contributed by atoms with van der Waals surface area (Å²) in [5.41, 5.74) is 2.84. The number of nitrogens with zero attached hydrogens (tertiary/aromatic N) is 4. The molecule has 0 aliphatic carbocycles. The van der Waals surface area contributed by atoms with Crippen LogP contribution in [0, 0.1) is 0 Å². The highest BCUT2D eigenvalue weighted by Gasteiger charge is 2.11. The topological polar surface area (TPSA) is 116 Å². The molecule has 2 heterocycles. The van der Waals surface area contributed by atoms with E-state index < -0.39 is 5.91 Å². The number of rotatable bonds is 3. The molecule has 0 fully saturated rings. The Hall–Kier alpha value is -2.65. The van der Waals surface area contributed by atoms with E-state index in [1.165, 1.54) is 4.68 Å². The first-order chi connectivity index (χ1) is 10.2. The number of carbonyl (C=O) groups excluding carboxylic acids is 1. The van der Waals surface area contributed by atoms with Gasteiger partial charge in [0.25, 0.3) is 11.5 Å². The van der Waals surface area contributed by atoms with E-state index in [0.29, 0.717) is 16.6 Å². The number of hydrazine groups is 1. The zero-order chi connectivity index (χ0) is 14.8. The molecule has 3 rings (SSSR count). The van der Waals surface area contributed by atoms with E-state index in [-0.39, 0.29) is 17.1 Å². The minimum Gasteiger partial charge on any atom is -0.288 e. The number of aromatic nitrogens is 4. The molecular weight excluding hydrogens is 292 g/mol. The fourth-order valence-electron chi connectivity index (χ4n) is 1.83. The smallest absolute Gasteiger partial charge is 0.288 e. The molecule has 2 aromatic heterocycles. The Kier molecular flexibility index (Phi) is 3.42. The van der Waals surface area contributed by atoms with Crippen LogP contribution in [0.15, 0.2) is 34.4 Å². The van der Waals surface area contributed by atoms with Crippen molar-refractivity contribution in [3.05, 3.63) is 50.7 Å². The van der Waals surface area contributed by atoms with Crippen molar-refractivity contribution in [3.63, 3.8) is 0 Å². The van der Waals surface area contributed by atoms with Crippen molar-refractivity contribution >= 4 is 28.1 Å². The number of amides is 1. The third kappa shape index (κ3) is 2.51. The van der Waals surface area contributed by atoms with Gasteiger partial charge in [0.2, 0.25) is 0 Å². The summed E-state index contributed by atoms with van der Waals surface area (Å²) in [6, 6.07) is 6.97. The van der Waals surface area contributed by atoms with Crippen molar-refractivity contribution < 1.29 is 4.79 Å². The van der Waals surface area contributed by atoms with Gasteiger partial charge in [0.1, 0.15) is 5.52 Å². The summed E-state index contributed by atoms with van der Waals surface area (Å²) in [4.78, 5) is 27.7. The molecule has 8 nitrogen and oxygen atoms in total. The molecule has 1 aromatic carbocycles. The van der Waals surface area contributed by atoms with E-state index >= 15 is 0 Å². The summed E-state index contributed by atoms with van der Waals surface area (Å²) in [5, 5.41) is 10.2. The van der Waals surface area contributed by atoms with Crippen LogP contribution in [-0.2, 0) is 6.54 Å². The van der Waals surface area contributed by atoms with Gasteiger partial charge in [-0.15, -0.1) is 16.4 Å². The molecule has 0 aliphatic rings. The predicted octanol–water partition coefficient (Wildman–Crippen LogP) is -0.100. The molecule has 21 heavy (non-hydrogen) atoms. The van der Waals surface area contributed by atoms with Crippen molar-refractivity contribution in [2.45, 2.75) is 6.54 Å². The Bertz CT molecular complexity index is 871. The summed E-state index contributed by atoms with van der Waals surface area (Å²) in [6.45, 7) is 0.144. The number of hydrogen-bond donors (Lipinski definition) is 2. The average molecular weight is 302 g/mol. The molecule has 0 bridgehead atoms. The molecule has 106 valence electrons. The predicted molar refractivity (Wildman–Crippen MR) is 76.7 cm³/mol. The zero-order valence-corrected chi connectivity index (χ0v) is 11.5. The lowest BCUT2D eigenvalue weighted by molar-refractivity contribution is 0.0953. The number of carbonyl (C=O) groups is 1. The molecule has 0 saturated heterocycles. The van der Waals surface area contributed by atoms with Crippen molar-refractivity contribution in [2.75, 3.05) is 0 Å². The Morgan fingerprint density at radius 1 is 1.38 bits per heavy atom. The summed E-state index contributed by atoms with van der Waals surface area (Å²) < 4.78 is 1.21. The molecule has 0 unspecified atom stereocenters. The van der Waals surface area contributed by atoms with Gasteiger partial charge in [-0.1, -0.05) is 17.3 Å². The standard InChI is InChI=1S/C12H10N6O2S/c13-15-10(19)11-14-7(6-21-11)5-18-12(20)8-3-1-2-4-9(8)16-17-18/h1-4,6H,5,13H2,(H,15,19). The number of benzene rings is 1. The molecule has 0 atom stereocenters. The molecule has 0 spiro atoms. The second-order valence-corrected chi connectivity index (χ2v) is 5.04. The molecule has 0 radical (unpaired) electrons. The van der Waals surface area contributed by atoms with Crippen molar-refractivity contribution in [1.82, 2.24) is 25.4 Å². The third-order valence-corrected chi connectivity index (χ3v) is 3.71. The van der Waals surface area contributed by atoms with Crippen LogP contribution in [0.25, 0.3) is 10.9 Å². The number of hydrogen-bond acceptors (Lipinski definition) is 7. The number of nitrogens with two attached hydrogens (primary N) is 1. The van der Waals surface area contributed by atoms with Crippen LogP contribution in [0.1, 0.15) is 15.5 Å². The van der Waals surface area contributed by atoms with Gasteiger partial charge in [0, 0.05) is 5.38 Å². The second-order valence-electron chi connectivity index (χ2n) is 4.19. The van der Waals surface area contributed by atoms with Crippen LogP contribution in [0.4, 0.5) is 0 Å². The Balaban J connectivity index is 1.95. The highest BCUT2D eigenvalue weighted by Crippen LogP contribution is 2.10. The van der Waals surface area contributed by atoms with Gasteiger partial charge in [-0.05, 0) is 12.1 Å². The van der Waals surface area contributed by atoms with E-state index in [1.807, 2.05) is 5.43 Å². The number of nitrogen functional groups attached to an aromatic ring is 1. The fraction of sp³-hybridized carbons (Fsp3) is 0.0833. The van der Waals surface area contributed by atoms with Crippen molar-refractivity contribution in [2.24, 2.45) is 5.84 Å². The molecular formula is C12H10N6O2S. The van der Waals surface area contributed by atoms with E-state index in [4.69, 9.17) is 5.84 Å². The van der Waals surface area contributed by atoms with E-state index in [0.717, 1.165) is 11.3 Å². The van der Waals surface area contributed by atoms with Crippen LogP contribution in [0.5, 0.6) is 0 Å². The van der Waals surface area contributed by atoms with Crippen LogP contribution in [-0.4, -0.2) is 25.9 Å². The molecule has 1 amide bonds. The summed E-state index contributed by atoms with van der Waals surface area (Å²) >= 11 is 1.14. The molecule has 0 saturated carbocycles. The first-order valence-corrected chi connectivity index (χ1v) is 6.85. The first kappa shape index (κ1) is 13.3. The molecule has 3 aromatic rings. The van der Waals surface area contributed by atoms with Crippen LogP contribution in [0.2, 0.25) is 0 Å². The summed E-state index contributed by atoms with van der Waals surface area (Å²) in [6.07, 6.45) is 0. The molecule has 0 aliphatic heterocycles. The molecule has 9 heteroatoms. The largest absolute Gasteiger partial charge is 0.294 e. The lowest BCUT2D eigenvalue weighted by Gasteiger charge is -2.02. The van der Waals surface area contributed by atoms with E-state index in [2.05, 4.69) is 15.3 Å². The van der Waals surface area contributed by atoms with Crippen LogP contribution in [0.3, 0.4) is 0 Å². The summed E-state index contributed by atoms with van der Waals surface area (Å²) in [5.74, 6) is 4.57. The second kappa shape index (κ2) is 5.38. The molecule has 3 N–H and O–H groups in total. The highest BCUT2D eigenvalue weighted by atomic mass is 32.1. The lowest BCUT2D eigenvalue weighted by atomic mass is 10.2. The fourth-order valence-corrected chi connectivity index (χ4v) is 2.54. The van der Waals surface area contributed by atoms with Gasteiger partial charge in [-0.2, -0.15) is 0 Å². The van der Waals surface area contributed by atoms with Crippen molar-refractivity contribution in [3.8, 4) is 0 Å². The number of nitrogens with one attached hydrogen (secondary N) is 1. The average Bonchev–Trinajstić information content (AvgIpc) is 2.98. The minimum atomic E-state index is -0.469. The number of thiazole rings is 1. The van der Waals surface area contributed by atoms with Gasteiger partial charge in [0.05, 0.1) is 17.6 Å². The summed E-state index contributed by atoms with van der Waals surface area (Å²) in [7, 11) is 0. The maximum absolute atomic E-state index is 12.3. The van der Waals surface area contributed by atoms with E-state index in [1.54, 1.807) is 29.6 Å². The Morgan fingerprint density at radius 2 is 2.19 bits per heavy atom. The van der Waals surface area contributed by atoms with Gasteiger partial charge >= 0.3 is 0 Å². The SMILES string of the molecule is NNC(=O)c1nc(Cn2nnc3ccccc3c2=O)cs1. The maximum Gasteiger partial charge on any atom is 0.294 e. The quantitative estimate of drug-likeness (QED) is 0.396. The van der Waals surface area contributed by atoms with E-state index in [9.17, 15) is 9.59 Å². The lowest BCUT2D eigenvalue weighted by Crippen LogP contribution is -2.30. The monoisotopic (exact) mass is 302 g/mol. The normalized spacial score (nSPS) is 10.7. The zero-order valence-electron chi connectivity index (χ0n) is 10.7. The van der Waals surface area contributed by atoms with Gasteiger partial charge < -0.3 is 0 Å².